The lowest BCUT2D eigenvalue weighted by Gasteiger charge is -2.16. The first-order valence-electron chi connectivity index (χ1n) is 5.31. The van der Waals surface area contributed by atoms with E-state index in [0.717, 1.165) is 10.2 Å². The average molecular weight is 329 g/mol. The molecule has 1 heterocycles. The van der Waals surface area contributed by atoms with Crippen molar-refractivity contribution in [2.45, 2.75) is 6.54 Å². The van der Waals surface area contributed by atoms with Crippen molar-refractivity contribution in [1.82, 2.24) is 4.90 Å². The van der Waals surface area contributed by atoms with E-state index in [9.17, 15) is 4.79 Å². The molecule has 0 aliphatic rings. The quantitative estimate of drug-likeness (QED) is 0.854. The third-order valence-corrected chi connectivity index (χ3v) is 3.30. The van der Waals surface area contributed by atoms with Crippen molar-refractivity contribution >= 4 is 33.4 Å². The number of halogens is 2. The second-order valence-corrected chi connectivity index (χ2v) is 5.19. The van der Waals surface area contributed by atoms with Gasteiger partial charge in [0.2, 0.25) is 0 Å². The summed E-state index contributed by atoms with van der Waals surface area (Å²) < 4.78 is 6.03. The molecule has 18 heavy (non-hydrogen) atoms. The van der Waals surface area contributed by atoms with Crippen LogP contribution in [-0.2, 0) is 6.54 Å². The van der Waals surface area contributed by atoms with Crippen molar-refractivity contribution in [1.29, 1.82) is 0 Å². The Labute approximate surface area is 118 Å². The Morgan fingerprint density at radius 3 is 2.89 bits per heavy atom. The fourth-order valence-corrected chi connectivity index (χ4v) is 2.13. The largest absolute Gasteiger partial charge is 0.467 e. The summed E-state index contributed by atoms with van der Waals surface area (Å²) in [6.45, 7) is 0.411. The zero-order valence-electron chi connectivity index (χ0n) is 9.69. The van der Waals surface area contributed by atoms with Gasteiger partial charge in [0.25, 0.3) is 5.91 Å². The smallest absolute Gasteiger partial charge is 0.255 e. The molecule has 0 saturated heterocycles. The zero-order valence-corrected chi connectivity index (χ0v) is 12.0. The van der Waals surface area contributed by atoms with Gasteiger partial charge in [-0.2, -0.15) is 0 Å². The maximum atomic E-state index is 12.2. The Bertz CT molecular complexity index is 554. The van der Waals surface area contributed by atoms with E-state index in [1.165, 1.54) is 0 Å². The van der Waals surface area contributed by atoms with E-state index in [-0.39, 0.29) is 5.91 Å². The highest BCUT2D eigenvalue weighted by atomic mass is 79.9. The van der Waals surface area contributed by atoms with Crippen molar-refractivity contribution in [2.75, 3.05) is 7.05 Å². The highest BCUT2D eigenvalue weighted by Gasteiger charge is 2.16. The van der Waals surface area contributed by atoms with Crippen molar-refractivity contribution in [3.8, 4) is 0 Å². The van der Waals surface area contributed by atoms with E-state index in [1.54, 1.807) is 42.5 Å². The van der Waals surface area contributed by atoms with Crippen molar-refractivity contribution in [3.05, 3.63) is 57.4 Å². The summed E-state index contributed by atoms with van der Waals surface area (Å²) in [6.07, 6.45) is 1.58. The summed E-state index contributed by atoms with van der Waals surface area (Å²) >= 11 is 9.35. The van der Waals surface area contributed by atoms with Crippen LogP contribution >= 0.6 is 27.5 Å². The minimum absolute atomic E-state index is 0.141. The fraction of sp³-hybridized carbons (Fsp3) is 0.154. The Hall–Kier alpha value is -1.26. The average Bonchev–Trinajstić information content (AvgIpc) is 2.84. The van der Waals surface area contributed by atoms with Gasteiger partial charge in [0.1, 0.15) is 5.76 Å². The monoisotopic (exact) mass is 327 g/mol. The lowest BCUT2D eigenvalue weighted by Crippen LogP contribution is -2.26. The SMILES string of the molecule is CN(Cc1ccco1)C(=O)c1cc(Br)ccc1Cl. The summed E-state index contributed by atoms with van der Waals surface area (Å²) in [4.78, 5) is 13.8. The highest BCUT2D eigenvalue weighted by Crippen LogP contribution is 2.22. The number of carbonyl (C=O) groups excluding carboxylic acids is 1. The topological polar surface area (TPSA) is 33.5 Å². The Morgan fingerprint density at radius 2 is 2.22 bits per heavy atom. The summed E-state index contributed by atoms with van der Waals surface area (Å²) in [6, 6.07) is 8.82. The van der Waals surface area contributed by atoms with Crippen molar-refractivity contribution in [2.24, 2.45) is 0 Å². The van der Waals surface area contributed by atoms with Gasteiger partial charge in [0.05, 0.1) is 23.4 Å². The van der Waals surface area contributed by atoms with Crippen molar-refractivity contribution < 1.29 is 9.21 Å². The molecule has 3 nitrogen and oxygen atoms in total. The molecule has 0 unspecified atom stereocenters. The van der Waals surface area contributed by atoms with Gasteiger partial charge in [0, 0.05) is 11.5 Å². The normalized spacial score (nSPS) is 10.4. The Kier molecular flexibility index (Phi) is 4.09. The van der Waals surface area contributed by atoms with Crippen LogP contribution in [0.1, 0.15) is 16.1 Å². The van der Waals surface area contributed by atoms with Crippen molar-refractivity contribution in [3.63, 3.8) is 0 Å². The molecule has 0 atom stereocenters. The molecule has 2 rings (SSSR count). The van der Waals surface area contributed by atoms with Gasteiger partial charge in [-0.25, -0.2) is 0 Å². The molecule has 0 saturated carbocycles. The molecule has 0 bridgehead atoms. The minimum Gasteiger partial charge on any atom is -0.467 e. The lowest BCUT2D eigenvalue weighted by molar-refractivity contribution is 0.0775. The lowest BCUT2D eigenvalue weighted by atomic mass is 10.2. The van der Waals surface area contributed by atoms with Crippen LogP contribution in [0, 0.1) is 0 Å². The number of amides is 1. The molecule has 1 amide bonds. The van der Waals surface area contributed by atoms with Crippen LogP contribution < -0.4 is 0 Å². The molecule has 0 aliphatic heterocycles. The first-order chi connectivity index (χ1) is 8.58. The second kappa shape index (κ2) is 5.59. The van der Waals surface area contributed by atoms with Crippen LogP contribution in [0.2, 0.25) is 5.02 Å². The van der Waals surface area contributed by atoms with E-state index in [1.807, 2.05) is 6.07 Å². The molecule has 0 fully saturated rings. The number of hydrogen-bond donors (Lipinski definition) is 0. The number of benzene rings is 1. The first kappa shape index (κ1) is 13.2. The molecule has 1 aromatic heterocycles. The number of furan rings is 1. The number of hydrogen-bond acceptors (Lipinski definition) is 2. The first-order valence-corrected chi connectivity index (χ1v) is 6.48. The van der Waals surface area contributed by atoms with Gasteiger partial charge in [-0.1, -0.05) is 27.5 Å². The molecule has 0 N–H and O–H groups in total. The van der Waals surface area contributed by atoms with Gasteiger partial charge in [-0.15, -0.1) is 0 Å². The van der Waals surface area contributed by atoms with E-state index in [0.29, 0.717) is 17.1 Å². The number of nitrogens with zero attached hydrogens (tertiary/aromatic N) is 1. The summed E-state index contributed by atoms with van der Waals surface area (Å²) in [5.41, 5.74) is 0.472. The molecular formula is C13H11BrClNO2. The maximum absolute atomic E-state index is 12.2. The van der Waals surface area contributed by atoms with E-state index in [4.69, 9.17) is 16.0 Å². The Morgan fingerprint density at radius 1 is 1.44 bits per heavy atom. The van der Waals surface area contributed by atoms with Gasteiger partial charge in [-0.3, -0.25) is 4.79 Å². The molecule has 0 spiro atoms. The van der Waals surface area contributed by atoms with Gasteiger partial charge >= 0.3 is 0 Å². The number of rotatable bonds is 3. The fourth-order valence-electron chi connectivity index (χ4n) is 1.58. The molecule has 1 aromatic carbocycles. The molecule has 5 heteroatoms. The molecule has 0 aliphatic carbocycles. The van der Waals surface area contributed by atoms with E-state index < -0.39 is 0 Å². The zero-order chi connectivity index (χ0) is 13.1. The molecular weight excluding hydrogens is 318 g/mol. The van der Waals surface area contributed by atoms with E-state index in [2.05, 4.69) is 15.9 Å². The summed E-state index contributed by atoms with van der Waals surface area (Å²) in [5.74, 6) is 0.592. The van der Waals surface area contributed by atoms with Crippen LogP contribution in [0.25, 0.3) is 0 Å². The standard InChI is InChI=1S/C13H11BrClNO2/c1-16(8-10-3-2-6-18-10)13(17)11-7-9(14)4-5-12(11)15/h2-7H,8H2,1H3. The summed E-state index contributed by atoms with van der Waals surface area (Å²) in [5, 5.41) is 0.439. The molecule has 0 radical (unpaired) electrons. The third kappa shape index (κ3) is 2.94. The highest BCUT2D eigenvalue weighted by molar-refractivity contribution is 9.10. The van der Waals surface area contributed by atoms with Crippen LogP contribution in [0.5, 0.6) is 0 Å². The van der Waals surface area contributed by atoms with Gasteiger partial charge < -0.3 is 9.32 Å². The minimum atomic E-state index is -0.141. The van der Waals surface area contributed by atoms with Crippen LogP contribution in [0.15, 0.2) is 45.5 Å². The Balaban J connectivity index is 2.17. The summed E-state index contributed by atoms with van der Waals surface area (Å²) in [7, 11) is 1.71. The van der Waals surface area contributed by atoms with Gasteiger partial charge in [0.15, 0.2) is 0 Å². The van der Waals surface area contributed by atoms with Crippen LogP contribution in [0.3, 0.4) is 0 Å². The van der Waals surface area contributed by atoms with Gasteiger partial charge in [-0.05, 0) is 30.3 Å². The molecule has 94 valence electrons. The third-order valence-electron chi connectivity index (χ3n) is 2.48. The molecule has 2 aromatic rings. The predicted octanol–water partition coefficient (Wildman–Crippen LogP) is 3.97. The maximum Gasteiger partial charge on any atom is 0.255 e. The van der Waals surface area contributed by atoms with Crippen LogP contribution in [-0.4, -0.2) is 17.9 Å². The number of carbonyl (C=O) groups is 1. The van der Waals surface area contributed by atoms with E-state index >= 15 is 0 Å². The van der Waals surface area contributed by atoms with Crippen LogP contribution in [0.4, 0.5) is 0 Å². The second-order valence-electron chi connectivity index (χ2n) is 3.86. The predicted molar refractivity (Wildman–Crippen MR) is 73.7 cm³/mol.